The monoisotopic (exact) mass is 314 g/mol. The van der Waals surface area contributed by atoms with E-state index in [0.717, 1.165) is 11.1 Å². The Kier molecular flexibility index (Phi) is 5.88. The van der Waals surface area contributed by atoms with Crippen molar-refractivity contribution in [3.8, 4) is 0 Å². The van der Waals surface area contributed by atoms with Gasteiger partial charge in [0.05, 0.1) is 0 Å². The van der Waals surface area contributed by atoms with Crippen LogP contribution in [-0.2, 0) is 27.2 Å². The fourth-order valence-corrected chi connectivity index (χ4v) is 2.24. The van der Waals surface area contributed by atoms with Gasteiger partial charge in [-0.25, -0.2) is 9.59 Å². The van der Waals surface area contributed by atoms with Gasteiger partial charge in [0.2, 0.25) is 0 Å². The van der Waals surface area contributed by atoms with Gasteiger partial charge in [-0.15, -0.1) is 0 Å². The summed E-state index contributed by atoms with van der Waals surface area (Å²) in [4.78, 5) is 22.8. The van der Waals surface area contributed by atoms with Crippen molar-refractivity contribution in [2.24, 2.45) is 0 Å². The van der Waals surface area contributed by atoms with Crippen LogP contribution in [0.3, 0.4) is 0 Å². The molecule has 2 aromatic carbocycles. The summed E-state index contributed by atoms with van der Waals surface area (Å²) in [6, 6.07) is 18.0. The minimum absolute atomic E-state index is 0.120. The lowest BCUT2D eigenvalue weighted by atomic mass is 10.1. The smallest absolute Gasteiger partial charge is 0.333 e. The van der Waals surface area contributed by atoms with Crippen LogP contribution in [0.15, 0.2) is 60.7 Å². The van der Waals surface area contributed by atoms with Crippen molar-refractivity contribution in [3.05, 3.63) is 71.8 Å². The Hall–Kier alpha value is -2.66. The first-order chi connectivity index (χ1) is 11.1. The van der Waals surface area contributed by atoms with E-state index in [9.17, 15) is 19.8 Å². The Morgan fingerprint density at radius 1 is 0.739 bits per heavy atom. The molecule has 0 fully saturated rings. The lowest BCUT2D eigenvalue weighted by Crippen LogP contribution is -2.36. The van der Waals surface area contributed by atoms with Crippen molar-refractivity contribution in [2.75, 3.05) is 0 Å². The summed E-state index contributed by atoms with van der Waals surface area (Å²) in [6.45, 7) is 0. The number of aliphatic carboxylic acids is 2. The molecule has 5 heteroatoms. The quantitative estimate of drug-likeness (QED) is 0.781. The SMILES string of the molecule is O=C(O)C(Cc1ccccc1)OC(Cc1ccccc1)C(=O)O. The van der Waals surface area contributed by atoms with Gasteiger partial charge in [0.15, 0.2) is 12.2 Å². The zero-order valence-corrected chi connectivity index (χ0v) is 12.5. The van der Waals surface area contributed by atoms with E-state index < -0.39 is 24.1 Å². The Morgan fingerprint density at radius 2 is 1.09 bits per heavy atom. The summed E-state index contributed by atoms with van der Waals surface area (Å²) in [7, 11) is 0. The van der Waals surface area contributed by atoms with Crippen LogP contribution in [0, 0.1) is 0 Å². The topological polar surface area (TPSA) is 83.8 Å². The van der Waals surface area contributed by atoms with Gasteiger partial charge in [-0.05, 0) is 11.1 Å². The first-order valence-corrected chi connectivity index (χ1v) is 7.25. The van der Waals surface area contributed by atoms with Crippen LogP contribution in [0.2, 0.25) is 0 Å². The summed E-state index contributed by atoms with van der Waals surface area (Å²) in [6.07, 6.45) is -2.17. The van der Waals surface area contributed by atoms with Crippen LogP contribution in [-0.4, -0.2) is 34.4 Å². The summed E-state index contributed by atoms with van der Waals surface area (Å²) in [5, 5.41) is 18.6. The predicted octanol–water partition coefficient (Wildman–Crippen LogP) is 2.39. The third-order valence-electron chi connectivity index (χ3n) is 3.41. The van der Waals surface area contributed by atoms with Gasteiger partial charge in [0, 0.05) is 12.8 Å². The van der Waals surface area contributed by atoms with E-state index in [-0.39, 0.29) is 12.8 Å². The lowest BCUT2D eigenvalue weighted by Gasteiger charge is -2.19. The highest BCUT2D eigenvalue weighted by Crippen LogP contribution is 2.13. The average Bonchev–Trinajstić information content (AvgIpc) is 2.55. The lowest BCUT2D eigenvalue weighted by molar-refractivity contribution is -0.165. The van der Waals surface area contributed by atoms with Crippen LogP contribution in [0.1, 0.15) is 11.1 Å². The van der Waals surface area contributed by atoms with Crippen molar-refractivity contribution in [1.82, 2.24) is 0 Å². The number of carbonyl (C=O) groups is 2. The highest BCUT2D eigenvalue weighted by Gasteiger charge is 2.27. The summed E-state index contributed by atoms with van der Waals surface area (Å²) < 4.78 is 5.38. The van der Waals surface area contributed by atoms with Crippen LogP contribution in [0.5, 0.6) is 0 Å². The molecule has 0 saturated heterocycles. The van der Waals surface area contributed by atoms with Gasteiger partial charge < -0.3 is 14.9 Å². The number of ether oxygens (including phenoxy) is 1. The molecule has 5 nitrogen and oxygen atoms in total. The molecule has 0 saturated carbocycles. The van der Waals surface area contributed by atoms with Gasteiger partial charge in [-0.2, -0.15) is 0 Å². The minimum Gasteiger partial charge on any atom is -0.479 e. The largest absolute Gasteiger partial charge is 0.479 e. The third-order valence-corrected chi connectivity index (χ3v) is 3.41. The molecule has 0 aliphatic heterocycles. The molecule has 0 aliphatic carbocycles. The van der Waals surface area contributed by atoms with Gasteiger partial charge >= 0.3 is 11.9 Å². The highest BCUT2D eigenvalue weighted by molar-refractivity contribution is 5.76. The standard InChI is InChI=1S/C18H18O5/c19-17(20)15(11-13-7-3-1-4-8-13)23-16(18(21)22)12-14-9-5-2-6-10-14/h1-10,15-16H,11-12H2,(H,19,20)(H,21,22). The van der Waals surface area contributed by atoms with E-state index in [0.29, 0.717) is 0 Å². The zero-order chi connectivity index (χ0) is 16.7. The maximum Gasteiger partial charge on any atom is 0.333 e. The van der Waals surface area contributed by atoms with Gasteiger partial charge in [0.1, 0.15) is 0 Å². The summed E-state index contributed by atoms with van der Waals surface area (Å²) in [5.74, 6) is -2.35. The highest BCUT2D eigenvalue weighted by atomic mass is 16.5. The molecule has 0 aromatic heterocycles. The molecule has 0 spiro atoms. The van der Waals surface area contributed by atoms with E-state index in [1.807, 2.05) is 12.1 Å². The maximum absolute atomic E-state index is 11.4. The second-order valence-electron chi connectivity index (χ2n) is 5.17. The van der Waals surface area contributed by atoms with E-state index in [1.165, 1.54) is 0 Å². The molecule has 0 bridgehead atoms. The molecule has 0 heterocycles. The second kappa shape index (κ2) is 8.10. The predicted molar refractivity (Wildman–Crippen MR) is 84.2 cm³/mol. The molecule has 2 atom stereocenters. The van der Waals surface area contributed by atoms with Crippen LogP contribution < -0.4 is 0 Å². The maximum atomic E-state index is 11.4. The van der Waals surface area contributed by atoms with Crippen LogP contribution >= 0.6 is 0 Å². The zero-order valence-electron chi connectivity index (χ0n) is 12.5. The van der Waals surface area contributed by atoms with Crippen molar-refractivity contribution < 1.29 is 24.5 Å². The third kappa shape index (κ3) is 5.23. The molecular formula is C18H18O5. The fourth-order valence-electron chi connectivity index (χ4n) is 2.24. The number of hydrogen-bond donors (Lipinski definition) is 2. The van der Waals surface area contributed by atoms with Crippen molar-refractivity contribution >= 4 is 11.9 Å². The minimum atomic E-state index is -1.21. The number of rotatable bonds is 8. The molecular weight excluding hydrogens is 296 g/mol. The summed E-state index contributed by atoms with van der Waals surface area (Å²) >= 11 is 0. The molecule has 120 valence electrons. The molecule has 23 heavy (non-hydrogen) atoms. The molecule has 2 rings (SSSR count). The van der Waals surface area contributed by atoms with Crippen molar-refractivity contribution in [2.45, 2.75) is 25.0 Å². The number of benzene rings is 2. The Balaban J connectivity index is 2.08. The fraction of sp³-hybridized carbons (Fsp3) is 0.222. The van der Waals surface area contributed by atoms with Gasteiger partial charge in [0.25, 0.3) is 0 Å². The normalized spacial score (nSPS) is 13.2. The molecule has 2 N–H and O–H groups in total. The summed E-state index contributed by atoms with van der Waals surface area (Å²) in [5.41, 5.74) is 1.56. The van der Waals surface area contributed by atoms with Gasteiger partial charge in [-0.3, -0.25) is 0 Å². The molecule has 2 unspecified atom stereocenters. The van der Waals surface area contributed by atoms with E-state index >= 15 is 0 Å². The van der Waals surface area contributed by atoms with E-state index in [1.54, 1.807) is 48.5 Å². The molecule has 0 aliphatic rings. The van der Waals surface area contributed by atoms with Crippen LogP contribution in [0.4, 0.5) is 0 Å². The number of carboxylic acids is 2. The average molecular weight is 314 g/mol. The number of carboxylic acid groups (broad SMARTS) is 2. The van der Waals surface area contributed by atoms with E-state index in [4.69, 9.17) is 4.74 Å². The van der Waals surface area contributed by atoms with Crippen molar-refractivity contribution in [3.63, 3.8) is 0 Å². The second-order valence-corrected chi connectivity index (χ2v) is 5.17. The van der Waals surface area contributed by atoms with Gasteiger partial charge in [-0.1, -0.05) is 60.7 Å². The first kappa shape index (κ1) is 16.7. The Labute approximate surface area is 134 Å². The van der Waals surface area contributed by atoms with E-state index in [2.05, 4.69) is 0 Å². The first-order valence-electron chi connectivity index (χ1n) is 7.25. The Morgan fingerprint density at radius 3 is 1.39 bits per heavy atom. The van der Waals surface area contributed by atoms with Crippen LogP contribution in [0.25, 0.3) is 0 Å². The molecule has 0 radical (unpaired) electrons. The van der Waals surface area contributed by atoms with Crippen molar-refractivity contribution in [1.29, 1.82) is 0 Å². The Bertz CT molecular complexity index is 581. The molecule has 0 amide bonds. The molecule has 2 aromatic rings. The number of hydrogen-bond acceptors (Lipinski definition) is 3.